The molecule has 2 aromatic carbocycles. The number of nitro groups is 1. The number of benzene rings is 2. The van der Waals surface area contributed by atoms with E-state index in [0.717, 1.165) is 17.3 Å². The Morgan fingerprint density at radius 1 is 1.31 bits per heavy atom. The number of aryl methyl sites for hydroxylation is 1. The van der Waals surface area contributed by atoms with Crippen molar-refractivity contribution in [3.05, 3.63) is 80.4 Å². The predicted molar refractivity (Wildman–Crippen MR) is 109 cm³/mol. The first kappa shape index (κ1) is 20.1. The first-order valence-corrected chi connectivity index (χ1v) is 9.44. The zero-order valence-electron chi connectivity index (χ0n) is 15.4. The van der Waals surface area contributed by atoms with Crippen LogP contribution in [0.25, 0.3) is 0 Å². The van der Waals surface area contributed by atoms with Crippen molar-refractivity contribution in [2.75, 3.05) is 4.90 Å². The lowest BCUT2D eigenvalue weighted by atomic mass is 10.1. The second-order valence-electron chi connectivity index (χ2n) is 6.41. The van der Waals surface area contributed by atoms with Gasteiger partial charge in [0.15, 0.2) is 0 Å². The Morgan fingerprint density at radius 3 is 2.66 bits per heavy atom. The van der Waals surface area contributed by atoms with Gasteiger partial charge in [-0.25, -0.2) is 0 Å². The molecule has 8 nitrogen and oxygen atoms in total. The molecule has 2 amide bonds. The third-order valence-corrected chi connectivity index (χ3v) is 5.59. The number of hydrogen-bond acceptors (Lipinski definition) is 6. The first-order chi connectivity index (χ1) is 13.8. The Balaban J connectivity index is 2.03. The molecule has 146 valence electrons. The standard InChI is InChI=1S/C20H16N4O4S/c1-12-4-2-6-14(8-12)23-19(26)17(29-20(23)16(11-21)18(22)25)10-13-5-3-7-15(9-13)24(27)28/h2-9,17H,10H2,1H3,(H2,22,25)/b20-16+. The number of amides is 2. The maximum Gasteiger partial charge on any atom is 0.269 e. The van der Waals surface area contributed by atoms with Crippen LogP contribution in [0.3, 0.4) is 0 Å². The van der Waals surface area contributed by atoms with Gasteiger partial charge in [-0.3, -0.25) is 24.6 Å². The molecule has 0 radical (unpaired) electrons. The molecule has 9 heteroatoms. The molecule has 0 spiro atoms. The monoisotopic (exact) mass is 408 g/mol. The molecule has 0 saturated carbocycles. The molecular weight excluding hydrogens is 392 g/mol. The van der Waals surface area contributed by atoms with Crippen LogP contribution in [-0.2, 0) is 16.0 Å². The van der Waals surface area contributed by atoms with E-state index in [9.17, 15) is 25.0 Å². The van der Waals surface area contributed by atoms with E-state index in [4.69, 9.17) is 5.73 Å². The van der Waals surface area contributed by atoms with Crippen LogP contribution in [0, 0.1) is 28.4 Å². The summed E-state index contributed by atoms with van der Waals surface area (Å²) in [7, 11) is 0. The number of nitro benzene ring substituents is 1. The van der Waals surface area contributed by atoms with Crippen molar-refractivity contribution in [3.63, 3.8) is 0 Å². The summed E-state index contributed by atoms with van der Waals surface area (Å²) in [5.74, 6) is -1.24. The smallest absolute Gasteiger partial charge is 0.269 e. The van der Waals surface area contributed by atoms with Gasteiger partial charge in [0.1, 0.15) is 16.7 Å². The number of nitriles is 1. The van der Waals surface area contributed by atoms with Crippen LogP contribution in [0.5, 0.6) is 0 Å². The van der Waals surface area contributed by atoms with E-state index in [2.05, 4.69) is 0 Å². The fourth-order valence-electron chi connectivity index (χ4n) is 3.01. The van der Waals surface area contributed by atoms with Gasteiger partial charge in [-0.05, 0) is 36.6 Å². The normalized spacial score (nSPS) is 17.7. The molecule has 2 aromatic rings. The third-order valence-electron chi connectivity index (χ3n) is 4.33. The highest BCUT2D eigenvalue weighted by atomic mass is 32.2. The van der Waals surface area contributed by atoms with E-state index >= 15 is 0 Å². The number of rotatable bonds is 5. The Kier molecular flexibility index (Phi) is 5.66. The number of anilines is 1. The van der Waals surface area contributed by atoms with Gasteiger partial charge in [-0.2, -0.15) is 5.26 Å². The quantitative estimate of drug-likeness (QED) is 0.350. The zero-order chi connectivity index (χ0) is 21.1. The lowest BCUT2D eigenvalue weighted by Crippen LogP contribution is -2.31. The number of carbonyl (C=O) groups excluding carboxylic acids is 2. The van der Waals surface area contributed by atoms with Gasteiger partial charge in [0.2, 0.25) is 5.91 Å². The van der Waals surface area contributed by atoms with Crippen molar-refractivity contribution in [1.82, 2.24) is 0 Å². The topological polar surface area (TPSA) is 130 Å². The first-order valence-electron chi connectivity index (χ1n) is 8.56. The lowest BCUT2D eigenvalue weighted by Gasteiger charge is -2.18. The molecule has 3 rings (SSSR count). The average molecular weight is 408 g/mol. The number of thioether (sulfide) groups is 1. The number of hydrogen-bond donors (Lipinski definition) is 1. The van der Waals surface area contributed by atoms with Crippen molar-refractivity contribution >= 4 is 35.0 Å². The highest BCUT2D eigenvalue weighted by Gasteiger charge is 2.40. The second kappa shape index (κ2) is 8.16. The maximum absolute atomic E-state index is 13.2. The predicted octanol–water partition coefficient (Wildman–Crippen LogP) is 2.81. The minimum atomic E-state index is -0.920. The summed E-state index contributed by atoms with van der Waals surface area (Å²) in [4.78, 5) is 36.8. The maximum atomic E-state index is 13.2. The minimum Gasteiger partial charge on any atom is -0.365 e. The molecule has 29 heavy (non-hydrogen) atoms. The molecule has 1 heterocycles. The highest BCUT2D eigenvalue weighted by molar-refractivity contribution is 8.05. The fraction of sp³-hybridized carbons (Fsp3) is 0.150. The Hall–Kier alpha value is -3.64. The van der Waals surface area contributed by atoms with Gasteiger partial charge in [-0.15, -0.1) is 0 Å². The van der Waals surface area contributed by atoms with Crippen LogP contribution in [0.1, 0.15) is 11.1 Å². The van der Waals surface area contributed by atoms with Crippen LogP contribution < -0.4 is 10.6 Å². The van der Waals surface area contributed by atoms with Crippen LogP contribution in [0.4, 0.5) is 11.4 Å². The number of non-ortho nitro benzene ring substituents is 1. The van der Waals surface area contributed by atoms with Gasteiger partial charge in [0, 0.05) is 17.8 Å². The van der Waals surface area contributed by atoms with E-state index in [1.54, 1.807) is 36.4 Å². The van der Waals surface area contributed by atoms with Crippen molar-refractivity contribution in [1.29, 1.82) is 5.26 Å². The van der Waals surface area contributed by atoms with E-state index in [1.165, 1.54) is 17.0 Å². The Morgan fingerprint density at radius 2 is 2.03 bits per heavy atom. The summed E-state index contributed by atoms with van der Waals surface area (Å²) in [6, 6.07) is 14.9. The minimum absolute atomic E-state index is 0.0703. The molecule has 1 unspecified atom stereocenters. The summed E-state index contributed by atoms with van der Waals surface area (Å²) in [5.41, 5.74) is 7.01. The largest absolute Gasteiger partial charge is 0.365 e. The molecule has 0 aromatic heterocycles. The molecule has 1 atom stereocenters. The van der Waals surface area contributed by atoms with Crippen molar-refractivity contribution < 1.29 is 14.5 Å². The summed E-state index contributed by atoms with van der Waals surface area (Å²) in [6.07, 6.45) is 0.203. The van der Waals surface area contributed by atoms with E-state index in [1.807, 2.05) is 13.0 Å². The summed E-state index contributed by atoms with van der Waals surface area (Å²) >= 11 is 1.06. The fourth-order valence-corrected chi connectivity index (χ4v) is 4.33. The number of nitrogens with two attached hydrogens (primary N) is 1. The van der Waals surface area contributed by atoms with Crippen LogP contribution in [0.15, 0.2) is 59.1 Å². The molecule has 1 fully saturated rings. The molecule has 2 N–H and O–H groups in total. The SMILES string of the molecule is Cc1cccc(N2C(=O)C(Cc3cccc([N+](=O)[O-])c3)S/C2=C(\C#N)C(N)=O)c1. The van der Waals surface area contributed by atoms with Crippen molar-refractivity contribution in [2.45, 2.75) is 18.6 Å². The molecule has 0 bridgehead atoms. The zero-order valence-corrected chi connectivity index (χ0v) is 16.2. The van der Waals surface area contributed by atoms with Crippen LogP contribution in [0.2, 0.25) is 0 Å². The average Bonchev–Trinajstić information content (AvgIpc) is 2.98. The van der Waals surface area contributed by atoms with Crippen LogP contribution >= 0.6 is 11.8 Å². The number of primary amides is 1. The lowest BCUT2D eigenvalue weighted by molar-refractivity contribution is -0.384. The number of carbonyl (C=O) groups is 2. The van der Waals surface area contributed by atoms with Gasteiger partial charge >= 0.3 is 0 Å². The van der Waals surface area contributed by atoms with Crippen molar-refractivity contribution in [2.24, 2.45) is 5.73 Å². The van der Waals surface area contributed by atoms with E-state index in [-0.39, 0.29) is 28.6 Å². The molecule has 1 aliphatic heterocycles. The van der Waals surface area contributed by atoms with Crippen LogP contribution in [-0.4, -0.2) is 22.0 Å². The van der Waals surface area contributed by atoms with Crippen molar-refractivity contribution in [3.8, 4) is 6.07 Å². The number of nitrogens with zero attached hydrogens (tertiary/aromatic N) is 3. The molecule has 0 aliphatic carbocycles. The molecular formula is C20H16N4O4S. The Bertz CT molecular complexity index is 1090. The van der Waals surface area contributed by atoms with Gasteiger partial charge in [0.25, 0.3) is 11.6 Å². The van der Waals surface area contributed by atoms with Gasteiger partial charge in [0.05, 0.1) is 10.2 Å². The van der Waals surface area contributed by atoms with E-state index < -0.39 is 16.1 Å². The van der Waals surface area contributed by atoms with E-state index in [0.29, 0.717) is 11.3 Å². The highest BCUT2D eigenvalue weighted by Crippen LogP contribution is 2.42. The third kappa shape index (κ3) is 4.12. The molecule has 1 aliphatic rings. The Labute approximate surface area is 170 Å². The summed E-state index contributed by atoms with van der Waals surface area (Å²) in [6.45, 7) is 1.86. The van der Waals surface area contributed by atoms with Gasteiger partial charge in [-0.1, -0.05) is 36.0 Å². The summed E-state index contributed by atoms with van der Waals surface area (Å²) < 4.78 is 0. The summed E-state index contributed by atoms with van der Waals surface area (Å²) in [5, 5.41) is 19.9. The molecule has 1 saturated heterocycles. The second-order valence-corrected chi connectivity index (χ2v) is 7.60. The van der Waals surface area contributed by atoms with Gasteiger partial charge < -0.3 is 5.73 Å².